The quantitative estimate of drug-likeness (QED) is 0.593. The highest BCUT2D eigenvalue weighted by Crippen LogP contribution is 1.85. The third kappa shape index (κ3) is 7.50. The van der Waals surface area contributed by atoms with Crippen LogP contribution in [0.2, 0.25) is 0 Å². The fourth-order valence-corrected chi connectivity index (χ4v) is 0.666. The summed E-state index contributed by atoms with van der Waals surface area (Å²) in [7, 11) is 0. The molecule has 4 nitrogen and oxygen atoms in total. The molecule has 1 unspecified atom stereocenters. The minimum atomic E-state index is -0.364. The Morgan fingerprint density at radius 3 is 2.83 bits per heavy atom. The van der Waals surface area contributed by atoms with Crippen LogP contribution in [0.1, 0.15) is 20.3 Å². The lowest BCUT2D eigenvalue weighted by atomic mass is 10.3. The first-order chi connectivity index (χ1) is 5.66. The highest BCUT2D eigenvalue weighted by molar-refractivity contribution is 5.77. The molecule has 0 heterocycles. The number of aliphatic hydroxyl groups excluding tert-OH is 1. The maximum absolute atomic E-state index is 10.9. The zero-order valence-electron chi connectivity index (χ0n) is 7.67. The Labute approximate surface area is 72.9 Å². The van der Waals surface area contributed by atoms with Gasteiger partial charge in [0.15, 0.2) is 0 Å². The highest BCUT2D eigenvalue weighted by atomic mass is 16.5. The number of rotatable bonds is 6. The van der Waals surface area contributed by atoms with Crippen LogP contribution in [-0.4, -0.2) is 36.9 Å². The van der Waals surface area contributed by atoms with Gasteiger partial charge in [-0.3, -0.25) is 4.79 Å². The standard InChI is InChI=1S/C8H17NO3/c1-3-12-6-8(11)9-5-4-7(2)10/h7,10H,3-6H2,1-2H3,(H,9,11). The SMILES string of the molecule is CCOCC(=O)NCCC(C)O. The van der Waals surface area contributed by atoms with Gasteiger partial charge in [-0.1, -0.05) is 0 Å². The summed E-state index contributed by atoms with van der Waals surface area (Å²) >= 11 is 0. The summed E-state index contributed by atoms with van der Waals surface area (Å²) < 4.78 is 4.88. The summed E-state index contributed by atoms with van der Waals surface area (Å²) in [6.07, 6.45) is 0.218. The topological polar surface area (TPSA) is 58.6 Å². The Hall–Kier alpha value is -0.610. The third-order valence-corrected chi connectivity index (χ3v) is 1.32. The van der Waals surface area contributed by atoms with Crippen LogP contribution in [0.4, 0.5) is 0 Å². The first kappa shape index (κ1) is 11.4. The Balaban J connectivity index is 3.20. The zero-order chi connectivity index (χ0) is 9.40. The van der Waals surface area contributed by atoms with Crippen LogP contribution in [0.15, 0.2) is 0 Å². The van der Waals surface area contributed by atoms with Gasteiger partial charge in [-0.15, -0.1) is 0 Å². The van der Waals surface area contributed by atoms with Crippen LogP contribution in [0.3, 0.4) is 0 Å². The molecule has 0 aliphatic rings. The van der Waals surface area contributed by atoms with E-state index in [1.807, 2.05) is 6.92 Å². The first-order valence-corrected chi connectivity index (χ1v) is 4.19. The van der Waals surface area contributed by atoms with Crippen molar-refractivity contribution >= 4 is 5.91 Å². The summed E-state index contributed by atoms with van der Waals surface area (Å²) in [6, 6.07) is 0. The van der Waals surface area contributed by atoms with Gasteiger partial charge >= 0.3 is 0 Å². The van der Waals surface area contributed by atoms with Gasteiger partial charge in [-0.05, 0) is 20.3 Å². The van der Waals surface area contributed by atoms with Gasteiger partial charge in [-0.2, -0.15) is 0 Å². The molecule has 72 valence electrons. The van der Waals surface area contributed by atoms with Gasteiger partial charge in [0, 0.05) is 13.2 Å². The summed E-state index contributed by atoms with van der Waals surface area (Å²) in [5.74, 6) is -0.127. The molecular formula is C8H17NO3. The molecule has 1 atom stereocenters. The van der Waals surface area contributed by atoms with E-state index in [4.69, 9.17) is 9.84 Å². The van der Waals surface area contributed by atoms with Gasteiger partial charge in [0.1, 0.15) is 6.61 Å². The fraction of sp³-hybridized carbons (Fsp3) is 0.875. The van der Waals surface area contributed by atoms with Crippen molar-refractivity contribution in [2.45, 2.75) is 26.4 Å². The molecule has 0 saturated heterocycles. The molecule has 0 bridgehead atoms. The largest absolute Gasteiger partial charge is 0.393 e. The molecule has 0 radical (unpaired) electrons. The van der Waals surface area contributed by atoms with E-state index in [9.17, 15) is 4.79 Å². The number of hydrogen-bond acceptors (Lipinski definition) is 3. The van der Waals surface area contributed by atoms with Gasteiger partial charge in [0.05, 0.1) is 6.10 Å². The van der Waals surface area contributed by atoms with Crippen LogP contribution in [0.25, 0.3) is 0 Å². The summed E-state index contributed by atoms with van der Waals surface area (Å²) in [6.45, 7) is 4.68. The predicted molar refractivity (Wildman–Crippen MR) is 45.8 cm³/mol. The average molecular weight is 175 g/mol. The van der Waals surface area contributed by atoms with Crippen molar-refractivity contribution in [2.24, 2.45) is 0 Å². The van der Waals surface area contributed by atoms with Crippen molar-refractivity contribution in [2.75, 3.05) is 19.8 Å². The average Bonchev–Trinajstić information content (AvgIpc) is 2.00. The summed E-state index contributed by atoms with van der Waals surface area (Å²) in [4.78, 5) is 10.9. The van der Waals surface area contributed by atoms with Crippen LogP contribution < -0.4 is 5.32 Å². The van der Waals surface area contributed by atoms with Crippen molar-refractivity contribution in [3.8, 4) is 0 Å². The molecule has 0 aliphatic carbocycles. The summed E-state index contributed by atoms with van der Waals surface area (Å²) in [5.41, 5.74) is 0. The maximum atomic E-state index is 10.9. The van der Waals surface area contributed by atoms with E-state index in [0.717, 1.165) is 0 Å². The van der Waals surface area contributed by atoms with Crippen LogP contribution >= 0.6 is 0 Å². The van der Waals surface area contributed by atoms with E-state index in [0.29, 0.717) is 19.6 Å². The number of ether oxygens (including phenoxy) is 1. The maximum Gasteiger partial charge on any atom is 0.245 e. The van der Waals surface area contributed by atoms with Crippen LogP contribution in [-0.2, 0) is 9.53 Å². The van der Waals surface area contributed by atoms with E-state index in [1.165, 1.54) is 0 Å². The van der Waals surface area contributed by atoms with Gasteiger partial charge in [-0.25, -0.2) is 0 Å². The number of hydrogen-bond donors (Lipinski definition) is 2. The van der Waals surface area contributed by atoms with E-state index in [-0.39, 0.29) is 18.6 Å². The Bertz CT molecular complexity index is 125. The molecule has 0 rings (SSSR count). The molecule has 12 heavy (non-hydrogen) atoms. The van der Waals surface area contributed by atoms with E-state index in [2.05, 4.69) is 5.32 Å². The number of nitrogens with one attached hydrogen (secondary N) is 1. The van der Waals surface area contributed by atoms with Crippen molar-refractivity contribution in [1.29, 1.82) is 0 Å². The highest BCUT2D eigenvalue weighted by Gasteiger charge is 2.00. The second-order valence-electron chi connectivity index (χ2n) is 2.62. The normalized spacial score (nSPS) is 12.6. The Morgan fingerprint density at radius 1 is 1.67 bits per heavy atom. The summed E-state index contributed by atoms with van der Waals surface area (Å²) in [5, 5.41) is 11.5. The van der Waals surface area contributed by atoms with Gasteiger partial charge in [0.2, 0.25) is 5.91 Å². The number of carbonyl (C=O) groups is 1. The minimum absolute atomic E-state index is 0.107. The fourth-order valence-electron chi connectivity index (χ4n) is 0.666. The monoisotopic (exact) mass is 175 g/mol. The minimum Gasteiger partial charge on any atom is -0.393 e. The molecule has 2 N–H and O–H groups in total. The van der Waals surface area contributed by atoms with Gasteiger partial charge < -0.3 is 15.2 Å². The molecule has 0 aliphatic heterocycles. The smallest absolute Gasteiger partial charge is 0.245 e. The molecule has 0 aromatic heterocycles. The molecule has 0 saturated carbocycles. The molecule has 4 heteroatoms. The number of carbonyl (C=O) groups excluding carboxylic acids is 1. The van der Waals surface area contributed by atoms with Crippen LogP contribution in [0.5, 0.6) is 0 Å². The van der Waals surface area contributed by atoms with Crippen molar-refractivity contribution in [1.82, 2.24) is 5.32 Å². The molecular weight excluding hydrogens is 158 g/mol. The van der Waals surface area contributed by atoms with Gasteiger partial charge in [0.25, 0.3) is 0 Å². The third-order valence-electron chi connectivity index (χ3n) is 1.32. The van der Waals surface area contributed by atoms with E-state index < -0.39 is 0 Å². The van der Waals surface area contributed by atoms with E-state index in [1.54, 1.807) is 6.92 Å². The van der Waals surface area contributed by atoms with Crippen molar-refractivity contribution in [3.05, 3.63) is 0 Å². The Morgan fingerprint density at radius 2 is 2.33 bits per heavy atom. The first-order valence-electron chi connectivity index (χ1n) is 4.19. The predicted octanol–water partition coefficient (Wildman–Crippen LogP) is -0.0900. The molecule has 0 spiro atoms. The second kappa shape index (κ2) is 7.06. The molecule has 0 aromatic rings. The number of aliphatic hydroxyl groups is 1. The number of amides is 1. The van der Waals surface area contributed by atoms with Crippen LogP contribution in [0, 0.1) is 0 Å². The lowest BCUT2D eigenvalue weighted by molar-refractivity contribution is -0.125. The molecule has 0 fully saturated rings. The lowest BCUT2D eigenvalue weighted by Gasteiger charge is -2.06. The Kier molecular flexibility index (Phi) is 6.70. The molecule has 1 amide bonds. The van der Waals surface area contributed by atoms with E-state index >= 15 is 0 Å². The van der Waals surface area contributed by atoms with Crippen molar-refractivity contribution < 1.29 is 14.6 Å². The molecule has 0 aromatic carbocycles. The second-order valence-corrected chi connectivity index (χ2v) is 2.62. The lowest BCUT2D eigenvalue weighted by Crippen LogP contribution is -2.29. The van der Waals surface area contributed by atoms with Crippen molar-refractivity contribution in [3.63, 3.8) is 0 Å². The zero-order valence-corrected chi connectivity index (χ0v) is 7.67.